The first kappa shape index (κ1) is 81.7. The van der Waals surface area contributed by atoms with Crippen molar-refractivity contribution in [3.05, 3.63) is 507 Å². The first-order valence-electron chi connectivity index (χ1n) is 49.4. The maximum absolute atomic E-state index is 2.50. The molecule has 0 bridgehead atoms. The minimum atomic E-state index is -0.108. The van der Waals surface area contributed by atoms with Crippen LogP contribution in [0.5, 0.6) is 0 Å². The number of para-hydroxylation sites is 15. The zero-order chi connectivity index (χ0) is 93.8. The molecule has 0 unspecified atom stereocenters. The number of hydrogen-bond acceptors (Lipinski definition) is 0. The summed E-state index contributed by atoms with van der Waals surface area (Å²) in [4.78, 5) is 0. The molecule has 0 N–H and O–H groups in total. The number of aromatic nitrogens is 6. The van der Waals surface area contributed by atoms with Gasteiger partial charge in [-0.25, -0.2) is 0 Å². The van der Waals surface area contributed by atoms with Crippen LogP contribution in [0, 0.1) is 0 Å². The van der Waals surface area contributed by atoms with E-state index < -0.39 is 0 Å². The van der Waals surface area contributed by atoms with Gasteiger partial charge < -0.3 is 27.4 Å². The van der Waals surface area contributed by atoms with Crippen molar-refractivity contribution < 1.29 is 0 Å². The summed E-state index contributed by atoms with van der Waals surface area (Å²) >= 11 is 0. The van der Waals surface area contributed by atoms with E-state index >= 15 is 0 Å². The van der Waals surface area contributed by atoms with Crippen molar-refractivity contribution in [2.75, 3.05) is 0 Å². The molecular weight excluding hydrogens is 1710 g/mol. The lowest BCUT2D eigenvalue weighted by Crippen LogP contribution is -2.15. The average Bonchev–Trinajstić information content (AvgIpc) is 1.54. The summed E-state index contributed by atoms with van der Waals surface area (Å²) in [6.45, 7) is 14.2. The molecule has 6 aromatic heterocycles. The summed E-state index contributed by atoms with van der Waals surface area (Å²) in [7, 11) is 0. The molecule has 666 valence electrons. The molecule has 6 nitrogen and oxygen atoms in total. The Kier molecular flexibility index (Phi) is 18.1. The van der Waals surface area contributed by atoms with Crippen LogP contribution in [0.25, 0.3) is 232 Å². The van der Waals surface area contributed by atoms with Gasteiger partial charge in [-0.3, -0.25) is 0 Å². The maximum atomic E-state index is 2.50. The minimum Gasteiger partial charge on any atom is -0.309 e. The van der Waals surface area contributed by atoms with Gasteiger partial charge in [-0.05, 0) is 188 Å². The number of benzene rings is 21. The van der Waals surface area contributed by atoms with Crippen LogP contribution < -0.4 is 0 Å². The van der Waals surface area contributed by atoms with Crippen LogP contribution in [-0.4, -0.2) is 27.4 Å². The molecule has 141 heavy (non-hydrogen) atoms. The molecule has 0 aliphatic heterocycles. The second-order valence-electron chi connectivity index (χ2n) is 40.0. The fourth-order valence-corrected chi connectivity index (χ4v) is 25.4. The van der Waals surface area contributed by atoms with Crippen LogP contribution in [0.1, 0.15) is 74.9 Å². The molecule has 0 radical (unpaired) electrons. The summed E-state index contributed by atoms with van der Waals surface area (Å²) < 4.78 is 14.8. The van der Waals surface area contributed by atoms with Gasteiger partial charge in [-0.2, -0.15) is 0 Å². The monoisotopic (exact) mass is 1800 g/mol. The number of fused-ring (bicyclic) bond motifs is 28. The smallest absolute Gasteiger partial charge is 0.0547 e. The van der Waals surface area contributed by atoms with Crippen LogP contribution in [0.4, 0.5) is 0 Å². The van der Waals surface area contributed by atoms with Gasteiger partial charge in [0.25, 0.3) is 0 Å². The van der Waals surface area contributed by atoms with E-state index in [0.29, 0.717) is 0 Å². The summed E-state index contributed by atoms with van der Waals surface area (Å²) in [5.74, 6) is 0. The third-order valence-corrected chi connectivity index (χ3v) is 31.6. The molecule has 0 fully saturated rings. The van der Waals surface area contributed by atoms with Gasteiger partial charge in [0.15, 0.2) is 0 Å². The fourth-order valence-electron chi connectivity index (χ4n) is 25.4. The van der Waals surface area contributed by atoms with E-state index in [1.165, 1.54) is 265 Å². The predicted molar refractivity (Wildman–Crippen MR) is 594 cm³/mol. The molecule has 21 aromatic carbocycles. The molecule has 3 aliphatic carbocycles. The Morgan fingerprint density at radius 2 is 0.340 bits per heavy atom. The highest BCUT2D eigenvalue weighted by molar-refractivity contribution is 6.19. The molecule has 0 saturated heterocycles. The standard InChI is InChI=1S/3C45H32N2/c1-45(2)37-21-9-3-15-29(37)35-28-44-36(27-38(35)45)34-20-8-14-26-43(34)47(44)42-25-13-7-19-33(42)32-18-6-12-24-41(32)46-39-22-10-4-16-30(39)31-17-5-11-23-40(31)46;1-45(2)37-21-9-3-15-29(37)35-27-36-34-20-8-14-26-43(34)47(44(36)28-38(35)45)42-25-13-7-19-33(42)32-18-6-12-24-41(32)46-39-22-10-4-16-30(39)31-17-5-11-23-40(31)46;1-45(2)36-21-9-3-15-29(36)34-27-28-42-43(44(34)45)35-20-8-14-26-41(35)47(42)40-25-13-7-19-33(40)32-18-6-12-24-39(32)46-37-22-10-4-16-30(37)31-17-5-11-23-38(31)46/h3*3-28H,1-2H3. The van der Waals surface area contributed by atoms with Gasteiger partial charge in [0, 0.05) is 114 Å². The lowest BCUT2D eigenvalue weighted by atomic mass is 9.80. The van der Waals surface area contributed by atoms with Gasteiger partial charge in [-0.15, -0.1) is 0 Å². The summed E-state index contributed by atoms with van der Waals surface area (Å²) in [6, 6.07) is 174. The van der Waals surface area contributed by atoms with Gasteiger partial charge in [0.05, 0.1) is 100 Å². The summed E-state index contributed by atoms with van der Waals surface area (Å²) in [5, 5.41) is 15.4. The Morgan fingerprint density at radius 3 is 0.667 bits per heavy atom. The summed E-state index contributed by atoms with van der Waals surface area (Å²) in [6.07, 6.45) is 0. The van der Waals surface area contributed by atoms with Crippen molar-refractivity contribution in [1.29, 1.82) is 0 Å². The normalized spacial score (nSPS) is 13.5. The number of hydrogen-bond donors (Lipinski definition) is 0. The van der Waals surface area contributed by atoms with E-state index in [0.717, 1.165) is 0 Å². The van der Waals surface area contributed by atoms with Crippen LogP contribution in [0.15, 0.2) is 473 Å². The lowest BCUT2D eigenvalue weighted by molar-refractivity contribution is 0.661. The third-order valence-electron chi connectivity index (χ3n) is 31.6. The van der Waals surface area contributed by atoms with Crippen LogP contribution >= 0.6 is 0 Å². The van der Waals surface area contributed by atoms with E-state index in [4.69, 9.17) is 0 Å². The van der Waals surface area contributed by atoms with Crippen molar-refractivity contribution >= 4 is 131 Å². The van der Waals surface area contributed by atoms with E-state index in [1.807, 2.05) is 0 Å². The topological polar surface area (TPSA) is 29.6 Å². The molecular formula is C135H96N6. The molecule has 0 saturated carbocycles. The Balaban J connectivity index is 0.000000104. The molecule has 6 heteroatoms. The highest BCUT2D eigenvalue weighted by atomic mass is 15.0. The van der Waals surface area contributed by atoms with Crippen molar-refractivity contribution in [1.82, 2.24) is 27.4 Å². The Morgan fingerprint density at radius 1 is 0.128 bits per heavy atom. The van der Waals surface area contributed by atoms with Crippen LogP contribution in [0.2, 0.25) is 0 Å². The average molecular weight is 1800 g/mol. The molecule has 0 amide bonds. The number of nitrogens with zero attached hydrogens (tertiary/aromatic N) is 6. The second kappa shape index (κ2) is 31.2. The Hall–Kier alpha value is -17.6. The fraction of sp³-hybridized carbons (Fsp3) is 0.0667. The van der Waals surface area contributed by atoms with E-state index in [2.05, 4.69) is 542 Å². The van der Waals surface area contributed by atoms with Crippen LogP contribution in [-0.2, 0) is 16.2 Å². The molecule has 27 aromatic rings. The number of rotatable bonds is 9. The van der Waals surface area contributed by atoms with Gasteiger partial charge in [0.2, 0.25) is 0 Å². The zero-order valence-electron chi connectivity index (χ0n) is 79.2. The van der Waals surface area contributed by atoms with Crippen LogP contribution in [0.3, 0.4) is 0 Å². The van der Waals surface area contributed by atoms with Crippen molar-refractivity contribution in [2.24, 2.45) is 0 Å². The highest BCUT2D eigenvalue weighted by Gasteiger charge is 2.41. The quantitative estimate of drug-likeness (QED) is 0.138. The first-order valence-corrected chi connectivity index (χ1v) is 49.4. The van der Waals surface area contributed by atoms with Crippen molar-refractivity contribution in [2.45, 2.75) is 57.8 Å². The zero-order valence-corrected chi connectivity index (χ0v) is 79.2. The van der Waals surface area contributed by atoms with E-state index in [9.17, 15) is 0 Å². The minimum absolute atomic E-state index is 0.0531. The predicted octanol–water partition coefficient (Wildman–Crippen LogP) is 35.6. The largest absolute Gasteiger partial charge is 0.309 e. The van der Waals surface area contributed by atoms with Gasteiger partial charge in [-0.1, -0.05) is 393 Å². The second-order valence-corrected chi connectivity index (χ2v) is 40.0. The summed E-state index contributed by atoms with van der Waals surface area (Å²) in [5.41, 5.74) is 45.2. The molecule has 3 aliphatic rings. The van der Waals surface area contributed by atoms with Crippen molar-refractivity contribution in [3.63, 3.8) is 0 Å². The van der Waals surface area contributed by atoms with E-state index in [1.54, 1.807) is 0 Å². The molecule has 6 heterocycles. The highest BCUT2D eigenvalue weighted by Crippen LogP contribution is 2.58. The van der Waals surface area contributed by atoms with Gasteiger partial charge in [0.1, 0.15) is 0 Å². The van der Waals surface area contributed by atoms with Gasteiger partial charge >= 0.3 is 0 Å². The first-order chi connectivity index (χ1) is 69.3. The maximum Gasteiger partial charge on any atom is 0.0547 e. The molecule has 0 atom stereocenters. The molecule has 0 spiro atoms. The van der Waals surface area contributed by atoms with Crippen molar-refractivity contribution in [3.8, 4) is 101 Å². The Bertz CT molecular complexity index is 9570. The third kappa shape index (κ3) is 12.0. The SMILES string of the molecule is CC1(C)c2ccccc2-c2cc3c(cc21)c1ccccc1n3-c1ccccc1-c1ccccc1-n1c2ccccc2c2ccccc21.CC1(C)c2ccccc2-c2cc3c4ccccc4n(-c4ccccc4-c4ccccc4-n4c5ccccc5c5ccccc54)c3cc21.CC1(C)c2ccccc2-c2ccc3c(c21)c1ccccc1n3-c1ccccc1-c1ccccc1-n1c2ccccc2c2ccccc21. The molecule has 30 rings (SSSR count). The lowest BCUT2D eigenvalue weighted by Gasteiger charge is -2.23. The Labute approximate surface area is 817 Å². The van der Waals surface area contributed by atoms with E-state index in [-0.39, 0.29) is 16.2 Å².